The molecule has 1 aromatic heterocycles. The van der Waals surface area contributed by atoms with Crippen molar-refractivity contribution in [2.45, 2.75) is 12.8 Å². The number of aromatic hydroxyl groups is 1. The van der Waals surface area contributed by atoms with Crippen molar-refractivity contribution in [3.63, 3.8) is 0 Å². The van der Waals surface area contributed by atoms with Gasteiger partial charge in [0.2, 0.25) is 5.91 Å². The molecule has 0 radical (unpaired) electrons. The van der Waals surface area contributed by atoms with E-state index in [1.807, 2.05) is 48.5 Å². The number of likely N-dealkylation sites (tertiary alicyclic amines) is 1. The number of amides is 1. The molecule has 6 nitrogen and oxygen atoms in total. The third kappa shape index (κ3) is 5.39. The van der Waals surface area contributed by atoms with E-state index in [0.29, 0.717) is 5.75 Å². The predicted molar refractivity (Wildman–Crippen MR) is 126 cm³/mol. The zero-order valence-electron chi connectivity index (χ0n) is 18.2. The van der Waals surface area contributed by atoms with Gasteiger partial charge in [-0.05, 0) is 73.5 Å². The van der Waals surface area contributed by atoms with Crippen molar-refractivity contribution in [1.29, 1.82) is 0 Å². The van der Waals surface area contributed by atoms with Crippen LogP contribution in [-0.2, 0) is 4.79 Å². The largest absolute Gasteiger partial charge is 0.504 e. The maximum Gasteiger partial charge on any atom is 0.228 e. The van der Waals surface area contributed by atoms with Gasteiger partial charge in [-0.25, -0.2) is 0 Å². The van der Waals surface area contributed by atoms with Crippen LogP contribution >= 0.6 is 0 Å². The molecule has 0 aliphatic carbocycles. The molecule has 0 bridgehead atoms. The molecule has 1 atom stereocenters. The lowest BCUT2D eigenvalue weighted by molar-refractivity contribution is -0.121. The quantitative estimate of drug-likeness (QED) is 0.548. The molecule has 1 aliphatic heterocycles. The summed E-state index contributed by atoms with van der Waals surface area (Å²) in [6.45, 7) is 2.48. The van der Waals surface area contributed by atoms with Gasteiger partial charge >= 0.3 is 0 Å². The average molecular weight is 433 g/mol. The number of hydrogen-bond donors (Lipinski definition) is 2. The van der Waals surface area contributed by atoms with E-state index in [9.17, 15) is 9.90 Å². The maximum absolute atomic E-state index is 12.8. The fraction of sp³-hybridized carbons (Fsp3) is 0.269. The second-order valence-corrected chi connectivity index (χ2v) is 7.98. The molecule has 6 heteroatoms. The van der Waals surface area contributed by atoms with Gasteiger partial charge in [0.15, 0.2) is 11.5 Å². The molecule has 166 valence electrons. The summed E-state index contributed by atoms with van der Waals surface area (Å²) in [6, 6.07) is 16.8. The van der Waals surface area contributed by atoms with E-state index in [2.05, 4.69) is 16.3 Å². The number of nitrogens with one attached hydrogen (secondary N) is 1. The Morgan fingerprint density at radius 1 is 1.25 bits per heavy atom. The fourth-order valence-corrected chi connectivity index (χ4v) is 3.98. The molecule has 1 unspecified atom stereocenters. The lowest BCUT2D eigenvalue weighted by atomic mass is 9.97. The van der Waals surface area contributed by atoms with Gasteiger partial charge in [-0.15, -0.1) is 0 Å². The summed E-state index contributed by atoms with van der Waals surface area (Å²) >= 11 is 0. The number of anilines is 1. The second kappa shape index (κ2) is 10.2. The van der Waals surface area contributed by atoms with Crippen LogP contribution in [-0.4, -0.2) is 42.7 Å². The van der Waals surface area contributed by atoms with E-state index < -0.39 is 0 Å². The number of furan rings is 1. The van der Waals surface area contributed by atoms with Crippen molar-refractivity contribution < 1.29 is 19.1 Å². The first-order valence-electron chi connectivity index (χ1n) is 10.8. The van der Waals surface area contributed by atoms with E-state index in [1.165, 1.54) is 7.11 Å². The first kappa shape index (κ1) is 21.7. The summed E-state index contributed by atoms with van der Waals surface area (Å²) in [6.07, 6.45) is 7.63. The van der Waals surface area contributed by atoms with Crippen molar-refractivity contribution in [2.75, 3.05) is 32.1 Å². The topological polar surface area (TPSA) is 74.9 Å². The summed E-state index contributed by atoms with van der Waals surface area (Å²) in [5, 5.41) is 12.8. The molecule has 1 saturated heterocycles. The van der Waals surface area contributed by atoms with Crippen molar-refractivity contribution in [3.05, 3.63) is 72.5 Å². The predicted octanol–water partition coefficient (Wildman–Crippen LogP) is 5.02. The van der Waals surface area contributed by atoms with E-state index in [-0.39, 0.29) is 17.6 Å². The SMILES string of the molecule is COc1cc(/C=C/CN2CCCC(C(=O)Nc3ccc(-c4ccco4)cc3)C2)ccc1O. The molecule has 0 spiro atoms. The molecule has 4 rings (SSSR count). The molecule has 2 aromatic carbocycles. The molecular formula is C26H28N2O4. The highest BCUT2D eigenvalue weighted by Crippen LogP contribution is 2.27. The van der Waals surface area contributed by atoms with Gasteiger partial charge in [-0.3, -0.25) is 9.69 Å². The average Bonchev–Trinajstić information content (AvgIpc) is 3.36. The lowest BCUT2D eigenvalue weighted by Crippen LogP contribution is -2.40. The molecular weight excluding hydrogens is 404 g/mol. The molecule has 1 amide bonds. The smallest absolute Gasteiger partial charge is 0.228 e. The molecule has 3 aromatic rings. The van der Waals surface area contributed by atoms with Crippen LogP contribution in [0.5, 0.6) is 11.5 Å². The van der Waals surface area contributed by atoms with Crippen LogP contribution in [0.1, 0.15) is 18.4 Å². The van der Waals surface area contributed by atoms with Gasteiger partial charge < -0.3 is 19.6 Å². The highest BCUT2D eigenvalue weighted by atomic mass is 16.5. The van der Waals surface area contributed by atoms with Gasteiger partial charge in [0, 0.05) is 24.3 Å². The Balaban J connectivity index is 1.30. The number of nitrogens with zero attached hydrogens (tertiary/aromatic N) is 1. The van der Waals surface area contributed by atoms with Crippen LogP contribution in [0.15, 0.2) is 71.4 Å². The van der Waals surface area contributed by atoms with Gasteiger partial charge in [0.05, 0.1) is 19.3 Å². The van der Waals surface area contributed by atoms with Gasteiger partial charge in [-0.2, -0.15) is 0 Å². The summed E-state index contributed by atoms with van der Waals surface area (Å²) in [4.78, 5) is 15.1. The molecule has 32 heavy (non-hydrogen) atoms. The molecule has 0 saturated carbocycles. The van der Waals surface area contributed by atoms with E-state index >= 15 is 0 Å². The number of phenols is 1. The Morgan fingerprint density at radius 2 is 2.09 bits per heavy atom. The summed E-state index contributed by atoms with van der Waals surface area (Å²) in [5.41, 5.74) is 2.74. The number of carbonyl (C=O) groups excluding carboxylic acids is 1. The van der Waals surface area contributed by atoms with Crippen LogP contribution in [0.3, 0.4) is 0 Å². The standard InChI is InChI=1S/C26H28N2O4/c1-31-25-17-19(8-13-23(25)29)5-2-14-28-15-3-6-21(18-28)26(30)27-22-11-9-20(10-12-22)24-7-4-16-32-24/h2,4-5,7-13,16-17,21,29H,3,6,14-15,18H2,1H3,(H,27,30)/b5-2+. The molecule has 1 aliphatic rings. The normalized spacial score (nSPS) is 16.8. The number of rotatable bonds is 7. The zero-order valence-corrected chi connectivity index (χ0v) is 18.2. The number of hydrogen-bond acceptors (Lipinski definition) is 5. The lowest BCUT2D eigenvalue weighted by Gasteiger charge is -2.31. The number of benzene rings is 2. The Bertz CT molecular complexity index is 1060. The zero-order chi connectivity index (χ0) is 22.3. The summed E-state index contributed by atoms with van der Waals surface area (Å²) in [5.74, 6) is 1.43. The second-order valence-electron chi connectivity index (χ2n) is 7.98. The Hall–Kier alpha value is -3.51. The highest BCUT2D eigenvalue weighted by Gasteiger charge is 2.25. The number of piperidine rings is 1. The van der Waals surface area contributed by atoms with Crippen molar-refractivity contribution >= 4 is 17.7 Å². The van der Waals surface area contributed by atoms with E-state index in [0.717, 1.165) is 55.1 Å². The van der Waals surface area contributed by atoms with Crippen LogP contribution in [0.4, 0.5) is 5.69 Å². The third-order valence-electron chi connectivity index (χ3n) is 5.71. The monoisotopic (exact) mass is 432 g/mol. The van der Waals surface area contributed by atoms with Gasteiger partial charge in [-0.1, -0.05) is 18.2 Å². The Labute approximate surface area is 188 Å². The maximum atomic E-state index is 12.8. The molecule has 2 N–H and O–H groups in total. The van der Waals surface area contributed by atoms with Crippen molar-refractivity contribution in [1.82, 2.24) is 4.90 Å². The minimum Gasteiger partial charge on any atom is -0.504 e. The van der Waals surface area contributed by atoms with Crippen LogP contribution < -0.4 is 10.1 Å². The summed E-state index contributed by atoms with van der Waals surface area (Å²) < 4.78 is 10.6. The Morgan fingerprint density at radius 3 is 2.84 bits per heavy atom. The Kier molecular flexibility index (Phi) is 6.92. The number of carbonyl (C=O) groups is 1. The highest BCUT2D eigenvalue weighted by molar-refractivity contribution is 5.93. The first-order valence-corrected chi connectivity index (χ1v) is 10.8. The number of phenolic OH excluding ortho intramolecular Hbond substituents is 1. The first-order chi connectivity index (χ1) is 15.6. The van der Waals surface area contributed by atoms with Crippen molar-refractivity contribution in [3.8, 4) is 22.8 Å². The van der Waals surface area contributed by atoms with E-state index in [4.69, 9.17) is 9.15 Å². The van der Waals surface area contributed by atoms with Crippen LogP contribution in [0.2, 0.25) is 0 Å². The van der Waals surface area contributed by atoms with Crippen LogP contribution in [0.25, 0.3) is 17.4 Å². The number of ether oxygens (including phenoxy) is 1. The molecule has 1 fully saturated rings. The summed E-state index contributed by atoms with van der Waals surface area (Å²) in [7, 11) is 1.54. The molecule has 2 heterocycles. The van der Waals surface area contributed by atoms with Crippen molar-refractivity contribution in [2.24, 2.45) is 5.92 Å². The van der Waals surface area contributed by atoms with Gasteiger partial charge in [0.1, 0.15) is 5.76 Å². The fourth-order valence-electron chi connectivity index (χ4n) is 3.98. The third-order valence-corrected chi connectivity index (χ3v) is 5.71. The van der Waals surface area contributed by atoms with Gasteiger partial charge in [0.25, 0.3) is 0 Å². The number of methoxy groups -OCH3 is 1. The minimum absolute atomic E-state index is 0.0318. The van der Waals surface area contributed by atoms with E-state index in [1.54, 1.807) is 18.4 Å². The van der Waals surface area contributed by atoms with Crippen LogP contribution in [0, 0.1) is 5.92 Å². The minimum atomic E-state index is -0.0318.